The number of unbranched alkanes of at least 4 members (excludes halogenated alkanes) is 6. The summed E-state index contributed by atoms with van der Waals surface area (Å²) in [5, 5.41) is 7.34. The second-order valence-corrected chi connectivity index (χ2v) is 5.92. The third-order valence-corrected chi connectivity index (χ3v) is 3.96. The van der Waals surface area contributed by atoms with E-state index >= 15 is 0 Å². The number of hydrogen-bond acceptors (Lipinski definition) is 1. The Morgan fingerprint density at radius 3 is 2.33 bits per heavy atom. The molecule has 0 saturated heterocycles. The summed E-state index contributed by atoms with van der Waals surface area (Å²) in [5.41, 5.74) is 2.43. The number of para-hydroxylation sites is 1. The molecule has 1 aromatic carbocycles. The van der Waals surface area contributed by atoms with E-state index in [0.29, 0.717) is 0 Å². The van der Waals surface area contributed by atoms with E-state index in [1.165, 1.54) is 50.5 Å². The molecule has 0 bridgehead atoms. The van der Waals surface area contributed by atoms with Crippen molar-refractivity contribution >= 4 is 23.0 Å². The lowest BCUT2D eigenvalue weighted by molar-refractivity contribution is 0.586. The minimum atomic E-state index is 0.738. The van der Waals surface area contributed by atoms with Crippen LogP contribution in [0.15, 0.2) is 24.3 Å². The van der Waals surface area contributed by atoms with Crippen molar-refractivity contribution in [3.63, 3.8) is 0 Å². The van der Waals surface area contributed by atoms with Gasteiger partial charge in [0.1, 0.15) is 0 Å². The van der Waals surface area contributed by atoms with Crippen molar-refractivity contribution in [3.05, 3.63) is 29.8 Å². The normalized spacial score (nSPS) is 10.4. The average Bonchev–Trinajstić information content (AvgIpc) is 2.50. The van der Waals surface area contributed by atoms with Gasteiger partial charge < -0.3 is 10.6 Å². The van der Waals surface area contributed by atoms with Gasteiger partial charge in [0.05, 0.1) is 0 Å². The monoisotopic (exact) mass is 306 g/mol. The van der Waals surface area contributed by atoms with E-state index in [1.54, 1.807) is 0 Å². The van der Waals surface area contributed by atoms with Crippen molar-refractivity contribution in [3.8, 4) is 0 Å². The van der Waals surface area contributed by atoms with E-state index in [-0.39, 0.29) is 0 Å². The quantitative estimate of drug-likeness (QED) is 0.454. The van der Waals surface area contributed by atoms with Gasteiger partial charge in [-0.1, -0.05) is 70.6 Å². The van der Waals surface area contributed by atoms with Crippen LogP contribution in [0.4, 0.5) is 5.69 Å². The maximum Gasteiger partial charge on any atom is 0.170 e. The van der Waals surface area contributed by atoms with Crippen LogP contribution in [0, 0.1) is 0 Å². The van der Waals surface area contributed by atoms with Gasteiger partial charge in [-0.15, -0.1) is 0 Å². The van der Waals surface area contributed by atoms with Gasteiger partial charge in [0, 0.05) is 12.2 Å². The molecular weight excluding hydrogens is 276 g/mol. The summed E-state index contributed by atoms with van der Waals surface area (Å²) >= 11 is 5.36. The van der Waals surface area contributed by atoms with Gasteiger partial charge in [-0.05, 0) is 36.7 Å². The highest BCUT2D eigenvalue weighted by Crippen LogP contribution is 2.15. The number of aryl methyl sites for hydroxylation is 1. The molecule has 2 N–H and O–H groups in total. The fourth-order valence-electron chi connectivity index (χ4n) is 2.40. The van der Waals surface area contributed by atoms with Crippen LogP contribution in [-0.4, -0.2) is 11.7 Å². The van der Waals surface area contributed by atoms with Crippen LogP contribution in [0.3, 0.4) is 0 Å². The highest BCUT2D eigenvalue weighted by Gasteiger charge is 2.01. The van der Waals surface area contributed by atoms with Crippen LogP contribution in [0.5, 0.6) is 0 Å². The first kappa shape index (κ1) is 18.0. The average molecular weight is 307 g/mol. The SMILES string of the molecule is CCCCCCCCCNC(=S)Nc1ccccc1CC. The van der Waals surface area contributed by atoms with Crippen molar-refractivity contribution < 1.29 is 0 Å². The Morgan fingerprint density at radius 2 is 1.62 bits per heavy atom. The first-order valence-electron chi connectivity index (χ1n) is 8.40. The molecule has 118 valence electrons. The molecule has 0 unspecified atom stereocenters. The smallest absolute Gasteiger partial charge is 0.170 e. The third kappa shape index (κ3) is 8.05. The zero-order chi connectivity index (χ0) is 15.3. The summed E-state index contributed by atoms with van der Waals surface area (Å²) in [6.07, 6.45) is 10.3. The lowest BCUT2D eigenvalue weighted by atomic mass is 10.1. The molecule has 1 aromatic rings. The van der Waals surface area contributed by atoms with Crippen LogP contribution < -0.4 is 10.6 Å². The van der Waals surface area contributed by atoms with E-state index in [2.05, 4.69) is 42.7 Å². The molecule has 0 aliphatic carbocycles. The maximum atomic E-state index is 5.36. The summed E-state index contributed by atoms with van der Waals surface area (Å²) in [7, 11) is 0. The fourth-order valence-corrected chi connectivity index (χ4v) is 2.61. The highest BCUT2D eigenvalue weighted by molar-refractivity contribution is 7.80. The van der Waals surface area contributed by atoms with Gasteiger partial charge >= 0.3 is 0 Å². The summed E-state index contributed by atoms with van der Waals surface area (Å²) in [6, 6.07) is 8.33. The van der Waals surface area contributed by atoms with E-state index in [9.17, 15) is 0 Å². The molecule has 0 spiro atoms. The molecule has 0 radical (unpaired) electrons. The van der Waals surface area contributed by atoms with Crippen LogP contribution in [0.25, 0.3) is 0 Å². The minimum Gasteiger partial charge on any atom is -0.362 e. The zero-order valence-corrected chi connectivity index (χ0v) is 14.4. The summed E-state index contributed by atoms with van der Waals surface area (Å²) < 4.78 is 0. The minimum absolute atomic E-state index is 0.738. The zero-order valence-electron chi connectivity index (χ0n) is 13.6. The van der Waals surface area contributed by atoms with Crippen LogP contribution >= 0.6 is 12.2 Å². The molecule has 0 atom stereocenters. The van der Waals surface area contributed by atoms with Crippen molar-refractivity contribution in [1.29, 1.82) is 0 Å². The number of anilines is 1. The van der Waals surface area contributed by atoms with Crippen LogP contribution in [-0.2, 0) is 6.42 Å². The van der Waals surface area contributed by atoms with Gasteiger partial charge in [0.25, 0.3) is 0 Å². The predicted octanol–water partition coefficient (Wildman–Crippen LogP) is 5.29. The molecule has 0 aromatic heterocycles. The number of rotatable bonds is 10. The Bertz CT molecular complexity index is 404. The fraction of sp³-hybridized carbons (Fsp3) is 0.611. The molecule has 0 aliphatic rings. The number of thiocarbonyl (C=S) groups is 1. The molecule has 0 amide bonds. The molecule has 0 saturated carbocycles. The Hall–Kier alpha value is -1.09. The lowest BCUT2D eigenvalue weighted by Gasteiger charge is -2.13. The molecule has 21 heavy (non-hydrogen) atoms. The Balaban J connectivity index is 2.11. The van der Waals surface area contributed by atoms with Crippen molar-refractivity contribution in [2.45, 2.75) is 65.2 Å². The summed E-state index contributed by atoms with van der Waals surface area (Å²) in [6.45, 7) is 5.39. The summed E-state index contributed by atoms with van der Waals surface area (Å²) in [5.74, 6) is 0. The summed E-state index contributed by atoms with van der Waals surface area (Å²) in [4.78, 5) is 0. The third-order valence-electron chi connectivity index (χ3n) is 3.71. The Labute approximate surface area is 135 Å². The lowest BCUT2D eigenvalue weighted by Crippen LogP contribution is -2.29. The molecule has 2 nitrogen and oxygen atoms in total. The molecule has 3 heteroatoms. The number of benzene rings is 1. The molecule has 0 fully saturated rings. The first-order chi connectivity index (χ1) is 10.3. The Morgan fingerprint density at radius 1 is 0.952 bits per heavy atom. The first-order valence-corrected chi connectivity index (χ1v) is 8.81. The van der Waals surface area contributed by atoms with Gasteiger partial charge in [0.2, 0.25) is 0 Å². The standard InChI is InChI=1S/C18H30N2S/c1-3-5-6-7-8-9-12-15-19-18(21)20-17-14-11-10-13-16(17)4-2/h10-11,13-14H,3-9,12,15H2,1-2H3,(H2,19,20,21). The van der Waals surface area contributed by atoms with Crippen molar-refractivity contribution in [2.24, 2.45) is 0 Å². The topological polar surface area (TPSA) is 24.1 Å². The molecule has 0 aliphatic heterocycles. The predicted molar refractivity (Wildman–Crippen MR) is 98.0 cm³/mol. The van der Waals surface area contributed by atoms with Gasteiger partial charge in [-0.2, -0.15) is 0 Å². The number of hydrogen-bond donors (Lipinski definition) is 2. The molecule has 1 rings (SSSR count). The number of nitrogens with one attached hydrogen (secondary N) is 2. The van der Waals surface area contributed by atoms with E-state index in [1.807, 2.05) is 6.07 Å². The van der Waals surface area contributed by atoms with Crippen LogP contribution in [0.1, 0.15) is 64.4 Å². The highest BCUT2D eigenvalue weighted by atomic mass is 32.1. The Kier molecular flexibility index (Phi) is 9.88. The van der Waals surface area contributed by atoms with Crippen molar-refractivity contribution in [1.82, 2.24) is 5.32 Å². The molecule has 0 heterocycles. The van der Waals surface area contributed by atoms with Gasteiger partial charge in [-0.25, -0.2) is 0 Å². The van der Waals surface area contributed by atoms with Gasteiger partial charge in [0.15, 0.2) is 5.11 Å². The van der Waals surface area contributed by atoms with Gasteiger partial charge in [-0.3, -0.25) is 0 Å². The van der Waals surface area contributed by atoms with Crippen LogP contribution in [0.2, 0.25) is 0 Å². The maximum absolute atomic E-state index is 5.36. The second kappa shape index (κ2) is 11.6. The molecular formula is C18H30N2S. The van der Waals surface area contributed by atoms with E-state index in [0.717, 1.165) is 23.8 Å². The second-order valence-electron chi connectivity index (χ2n) is 5.51. The van der Waals surface area contributed by atoms with E-state index in [4.69, 9.17) is 12.2 Å². The van der Waals surface area contributed by atoms with Crippen molar-refractivity contribution in [2.75, 3.05) is 11.9 Å². The largest absolute Gasteiger partial charge is 0.362 e. The van der Waals surface area contributed by atoms with E-state index < -0.39 is 0 Å².